The highest BCUT2D eigenvalue weighted by molar-refractivity contribution is 5.97. The number of benzene rings is 1. The number of amides is 1. The third-order valence-corrected chi connectivity index (χ3v) is 5.56. The maximum atomic E-state index is 12.1. The van der Waals surface area contributed by atoms with Crippen LogP contribution in [0.1, 0.15) is 18.9 Å². The first-order valence-corrected chi connectivity index (χ1v) is 10.1. The van der Waals surface area contributed by atoms with E-state index in [2.05, 4.69) is 21.7 Å². The number of carbonyl (C=O) groups excluding carboxylic acids is 1. The van der Waals surface area contributed by atoms with E-state index in [1.165, 1.54) is 12.4 Å². The first kappa shape index (κ1) is 19.0. The molecular weight excluding hydrogens is 394 g/mol. The third-order valence-electron chi connectivity index (χ3n) is 5.56. The summed E-state index contributed by atoms with van der Waals surface area (Å²) in [6.07, 6.45) is 4.50. The lowest BCUT2D eigenvalue weighted by Gasteiger charge is -2.32. The molecule has 9 heteroatoms. The number of carbonyl (C=O) groups is 1. The van der Waals surface area contributed by atoms with Gasteiger partial charge in [-0.25, -0.2) is 14.6 Å². The second-order valence-electron chi connectivity index (χ2n) is 7.48. The summed E-state index contributed by atoms with van der Waals surface area (Å²) in [6.45, 7) is 4.83. The normalized spacial score (nSPS) is 16.5. The van der Waals surface area contributed by atoms with Crippen LogP contribution in [0, 0.1) is 0 Å². The molecule has 0 spiro atoms. The maximum absolute atomic E-state index is 12.1. The molecule has 156 valence electrons. The predicted octanol–water partition coefficient (Wildman–Crippen LogP) is 3.08. The van der Waals surface area contributed by atoms with E-state index in [-0.39, 0.29) is 11.9 Å². The Morgan fingerprint density at radius 3 is 2.90 bits per heavy atom. The van der Waals surface area contributed by atoms with E-state index in [0.29, 0.717) is 47.1 Å². The van der Waals surface area contributed by atoms with Crippen molar-refractivity contribution >= 4 is 22.8 Å². The van der Waals surface area contributed by atoms with E-state index in [4.69, 9.17) is 15.4 Å². The zero-order valence-corrected chi connectivity index (χ0v) is 16.8. The number of nitrogen functional groups attached to an aromatic ring is 1. The van der Waals surface area contributed by atoms with Gasteiger partial charge in [0, 0.05) is 24.7 Å². The molecule has 1 fully saturated rings. The summed E-state index contributed by atoms with van der Waals surface area (Å²) in [4.78, 5) is 22.5. The van der Waals surface area contributed by atoms with Gasteiger partial charge in [0.15, 0.2) is 11.4 Å². The highest BCUT2D eigenvalue weighted by Crippen LogP contribution is 2.34. The van der Waals surface area contributed by atoms with Crippen LogP contribution >= 0.6 is 0 Å². The molecule has 1 saturated heterocycles. The van der Waals surface area contributed by atoms with Crippen molar-refractivity contribution in [1.82, 2.24) is 29.8 Å². The lowest BCUT2D eigenvalue weighted by Crippen LogP contribution is -2.40. The molecule has 4 aromatic rings. The number of anilines is 1. The quantitative estimate of drug-likeness (QED) is 0.509. The van der Waals surface area contributed by atoms with Crippen LogP contribution in [0.4, 0.5) is 5.82 Å². The number of fused-ring (bicyclic) bond motifs is 1. The summed E-state index contributed by atoms with van der Waals surface area (Å²) in [5, 5.41) is 9.68. The largest absolute Gasteiger partial charge is 0.383 e. The monoisotopic (exact) mass is 415 g/mol. The van der Waals surface area contributed by atoms with Gasteiger partial charge < -0.3 is 15.2 Å². The van der Waals surface area contributed by atoms with Crippen LogP contribution in [-0.2, 0) is 4.79 Å². The van der Waals surface area contributed by atoms with Crippen LogP contribution in [0.5, 0.6) is 0 Å². The van der Waals surface area contributed by atoms with Crippen LogP contribution in [0.25, 0.3) is 33.7 Å². The highest BCUT2D eigenvalue weighted by atomic mass is 16.5. The second-order valence-corrected chi connectivity index (χ2v) is 7.48. The molecule has 1 aliphatic rings. The Labute approximate surface area is 178 Å². The Morgan fingerprint density at radius 1 is 1.26 bits per heavy atom. The van der Waals surface area contributed by atoms with E-state index in [9.17, 15) is 4.79 Å². The summed E-state index contributed by atoms with van der Waals surface area (Å²) in [6, 6.07) is 11.5. The van der Waals surface area contributed by atoms with Crippen molar-refractivity contribution in [1.29, 1.82) is 0 Å². The number of piperidine rings is 1. The fraction of sp³-hybridized carbons (Fsp3) is 0.227. The summed E-state index contributed by atoms with van der Waals surface area (Å²) in [7, 11) is 0. The Hall–Kier alpha value is -4.01. The number of likely N-dealkylation sites (tertiary alicyclic amines) is 1. The van der Waals surface area contributed by atoms with Gasteiger partial charge in [0.2, 0.25) is 5.91 Å². The molecule has 1 unspecified atom stereocenters. The maximum Gasteiger partial charge on any atom is 0.246 e. The molecule has 2 N–H and O–H groups in total. The van der Waals surface area contributed by atoms with E-state index in [0.717, 1.165) is 18.4 Å². The van der Waals surface area contributed by atoms with Crippen LogP contribution in [0.2, 0.25) is 0 Å². The van der Waals surface area contributed by atoms with Gasteiger partial charge in [-0.05, 0) is 18.9 Å². The van der Waals surface area contributed by atoms with Gasteiger partial charge in [-0.2, -0.15) is 5.10 Å². The molecule has 3 aromatic heterocycles. The van der Waals surface area contributed by atoms with Gasteiger partial charge in [0.25, 0.3) is 0 Å². The molecule has 0 radical (unpaired) electrons. The smallest absolute Gasteiger partial charge is 0.246 e. The SMILES string of the molecule is C=CC(=O)N1CCCC(n2nc(-c3cc(-c4ccccc4)on3)c3c(N)ncnc32)C1. The minimum atomic E-state index is -0.0838. The lowest BCUT2D eigenvalue weighted by molar-refractivity contribution is -0.127. The van der Waals surface area contributed by atoms with Gasteiger partial charge in [-0.15, -0.1) is 0 Å². The number of nitrogens with two attached hydrogens (primary N) is 1. The van der Waals surface area contributed by atoms with Crippen molar-refractivity contribution in [2.75, 3.05) is 18.8 Å². The standard InChI is InChI=1S/C22H21N7O2/c1-2-18(30)28-10-6-9-15(12-28)29-22-19(21(23)24-13-25-22)20(26-29)16-11-17(31-27-16)14-7-4-3-5-8-14/h2-5,7-8,11,13,15H,1,6,9-10,12H2,(H2,23,24,25). The number of aromatic nitrogens is 5. The lowest BCUT2D eigenvalue weighted by atomic mass is 10.1. The highest BCUT2D eigenvalue weighted by Gasteiger charge is 2.28. The number of hydrogen-bond donors (Lipinski definition) is 1. The van der Waals surface area contributed by atoms with Gasteiger partial charge in [0.05, 0.1) is 11.4 Å². The summed E-state index contributed by atoms with van der Waals surface area (Å²) in [5.41, 5.74) is 8.86. The molecule has 1 aliphatic heterocycles. The molecule has 1 aromatic carbocycles. The minimum Gasteiger partial charge on any atom is -0.383 e. The third kappa shape index (κ3) is 3.33. The van der Waals surface area contributed by atoms with Gasteiger partial charge >= 0.3 is 0 Å². The van der Waals surface area contributed by atoms with Crippen LogP contribution in [0.3, 0.4) is 0 Å². The number of rotatable bonds is 4. The van der Waals surface area contributed by atoms with Crippen molar-refractivity contribution in [2.24, 2.45) is 0 Å². The zero-order chi connectivity index (χ0) is 21.4. The Kier molecular flexibility index (Phi) is 4.70. The first-order valence-electron chi connectivity index (χ1n) is 10.1. The van der Waals surface area contributed by atoms with Crippen LogP contribution < -0.4 is 5.73 Å². The van der Waals surface area contributed by atoms with E-state index in [1.807, 2.05) is 41.1 Å². The fourth-order valence-electron chi connectivity index (χ4n) is 4.04. The summed E-state index contributed by atoms with van der Waals surface area (Å²) in [5.74, 6) is 0.874. The van der Waals surface area contributed by atoms with E-state index < -0.39 is 0 Å². The van der Waals surface area contributed by atoms with Gasteiger partial charge in [-0.3, -0.25) is 4.79 Å². The van der Waals surface area contributed by atoms with E-state index >= 15 is 0 Å². The fourth-order valence-corrected chi connectivity index (χ4v) is 4.04. The second kappa shape index (κ2) is 7.67. The molecule has 5 rings (SSSR count). The predicted molar refractivity (Wildman–Crippen MR) is 116 cm³/mol. The van der Waals surface area contributed by atoms with Crippen LogP contribution in [0.15, 0.2) is 59.9 Å². The molecule has 9 nitrogen and oxygen atoms in total. The molecule has 1 atom stereocenters. The van der Waals surface area contributed by atoms with Crippen molar-refractivity contribution in [3.63, 3.8) is 0 Å². The zero-order valence-electron chi connectivity index (χ0n) is 16.8. The average Bonchev–Trinajstić information content (AvgIpc) is 3.45. The Balaban J connectivity index is 1.58. The average molecular weight is 415 g/mol. The van der Waals surface area contributed by atoms with E-state index in [1.54, 1.807) is 4.90 Å². The summed E-state index contributed by atoms with van der Waals surface area (Å²) >= 11 is 0. The minimum absolute atomic E-state index is 0.0382. The molecule has 4 heterocycles. The van der Waals surface area contributed by atoms with Crippen molar-refractivity contribution < 1.29 is 9.32 Å². The van der Waals surface area contributed by atoms with Crippen molar-refractivity contribution in [3.8, 4) is 22.7 Å². The van der Waals surface area contributed by atoms with Crippen molar-refractivity contribution in [2.45, 2.75) is 18.9 Å². The van der Waals surface area contributed by atoms with Gasteiger partial charge in [0.1, 0.15) is 23.5 Å². The Bertz CT molecular complexity index is 1260. The molecular formula is C22H21N7O2. The molecule has 0 bridgehead atoms. The van der Waals surface area contributed by atoms with Crippen LogP contribution in [-0.4, -0.2) is 48.8 Å². The molecule has 0 aliphatic carbocycles. The molecule has 31 heavy (non-hydrogen) atoms. The first-order chi connectivity index (χ1) is 15.2. The topological polar surface area (TPSA) is 116 Å². The molecule has 1 amide bonds. The summed E-state index contributed by atoms with van der Waals surface area (Å²) < 4.78 is 7.40. The van der Waals surface area contributed by atoms with Crippen molar-refractivity contribution in [3.05, 3.63) is 55.4 Å². The van der Waals surface area contributed by atoms with Gasteiger partial charge in [-0.1, -0.05) is 42.1 Å². The number of nitrogens with zero attached hydrogens (tertiary/aromatic N) is 6. The molecule has 0 saturated carbocycles. The number of hydrogen-bond acceptors (Lipinski definition) is 7. The Morgan fingerprint density at radius 2 is 2.10 bits per heavy atom.